The zero-order chi connectivity index (χ0) is 15.2. The minimum atomic E-state index is -0.670. The monoisotopic (exact) mass is 296 g/mol. The molecule has 1 aliphatic heterocycles. The summed E-state index contributed by atoms with van der Waals surface area (Å²) in [6.07, 6.45) is 5.70. The van der Waals surface area contributed by atoms with Crippen LogP contribution in [0.5, 0.6) is 0 Å². The summed E-state index contributed by atoms with van der Waals surface area (Å²) in [5.74, 6) is 0.508. The summed E-state index contributed by atoms with van der Waals surface area (Å²) < 4.78 is 0. The lowest BCUT2D eigenvalue weighted by Gasteiger charge is -2.30. The maximum absolute atomic E-state index is 12.0. The number of carboxylic acids is 1. The molecule has 0 aromatic carbocycles. The van der Waals surface area contributed by atoms with Crippen LogP contribution in [-0.4, -0.2) is 48.1 Å². The number of carboxylic acid groups (broad SMARTS) is 1. The molecule has 1 saturated heterocycles. The van der Waals surface area contributed by atoms with Gasteiger partial charge in [-0.05, 0) is 63.5 Å². The van der Waals surface area contributed by atoms with Crippen molar-refractivity contribution in [1.29, 1.82) is 0 Å². The highest BCUT2D eigenvalue weighted by Gasteiger charge is 2.26. The number of nitrogens with zero attached hydrogens (tertiary/aromatic N) is 1. The van der Waals surface area contributed by atoms with Gasteiger partial charge in [-0.2, -0.15) is 0 Å². The van der Waals surface area contributed by atoms with Crippen LogP contribution < -0.4 is 5.32 Å². The minimum absolute atomic E-state index is 0.116. The first-order chi connectivity index (χ1) is 10.0. The van der Waals surface area contributed by atoms with Crippen molar-refractivity contribution < 1.29 is 14.7 Å². The van der Waals surface area contributed by atoms with E-state index in [1.807, 2.05) is 0 Å². The van der Waals surface area contributed by atoms with Crippen molar-refractivity contribution in [2.45, 2.75) is 45.4 Å². The van der Waals surface area contributed by atoms with Gasteiger partial charge in [-0.15, -0.1) is 0 Å². The second kappa shape index (κ2) is 7.78. The molecule has 0 atom stereocenters. The fourth-order valence-corrected chi connectivity index (χ4v) is 3.35. The normalized spacial score (nSPS) is 28.2. The van der Waals surface area contributed by atoms with Crippen molar-refractivity contribution in [3.63, 3.8) is 0 Å². The van der Waals surface area contributed by atoms with Gasteiger partial charge in [0.1, 0.15) is 0 Å². The van der Waals surface area contributed by atoms with E-state index in [0.29, 0.717) is 19.0 Å². The molecule has 0 aromatic rings. The molecule has 1 amide bonds. The van der Waals surface area contributed by atoms with Gasteiger partial charge in [-0.3, -0.25) is 14.5 Å². The standard InChI is InChI=1S/C16H28N2O3/c1-12-6-8-18(9-7-12)11-15(19)17-10-13-2-4-14(5-3-13)16(20)21/h12-14H,2-11H2,1H3,(H,17,19)(H,20,21). The molecule has 5 heteroatoms. The zero-order valence-electron chi connectivity index (χ0n) is 13.0. The summed E-state index contributed by atoms with van der Waals surface area (Å²) in [5.41, 5.74) is 0. The number of amides is 1. The Balaban J connectivity index is 1.60. The van der Waals surface area contributed by atoms with E-state index in [2.05, 4.69) is 17.1 Å². The highest BCUT2D eigenvalue weighted by Crippen LogP contribution is 2.28. The maximum Gasteiger partial charge on any atom is 0.306 e. The Morgan fingerprint density at radius 3 is 2.29 bits per heavy atom. The Hall–Kier alpha value is -1.10. The number of rotatable bonds is 5. The van der Waals surface area contributed by atoms with E-state index < -0.39 is 5.97 Å². The maximum atomic E-state index is 12.0. The Kier molecular flexibility index (Phi) is 6.03. The molecule has 2 aliphatic rings. The van der Waals surface area contributed by atoms with Gasteiger partial charge in [-0.25, -0.2) is 0 Å². The van der Waals surface area contributed by atoms with Crippen LogP contribution in [0.3, 0.4) is 0 Å². The molecule has 0 aromatic heterocycles. The Bertz CT molecular complexity index is 357. The molecule has 0 spiro atoms. The number of carbonyl (C=O) groups is 2. The van der Waals surface area contributed by atoms with E-state index in [0.717, 1.165) is 44.7 Å². The highest BCUT2D eigenvalue weighted by atomic mass is 16.4. The number of nitrogens with one attached hydrogen (secondary N) is 1. The molecular weight excluding hydrogens is 268 g/mol. The van der Waals surface area contributed by atoms with Crippen molar-refractivity contribution >= 4 is 11.9 Å². The molecule has 0 radical (unpaired) electrons. The predicted octanol–water partition coefficient (Wildman–Crippen LogP) is 1.73. The van der Waals surface area contributed by atoms with E-state index in [9.17, 15) is 9.59 Å². The smallest absolute Gasteiger partial charge is 0.306 e. The SMILES string of the molecule is CC1CCN(CC(=O)NCC2CCC(C(=O)O)CC2)CC1. The average molecular weight is 296 g/mol. The van der Waals surface area contributed by atoms with E-state index in [1.165, 1.54) is 12.8 Å². The molecule has 1 saturated carbocycles. The number of piperidine rings is 1. The topological polar surface area (TPSA) is 69.6 Å². The van der Waals surface area contributed by atoms with Gasteiger partial charge in [0.15, 0.2) is 0 Å². The van der Waals surface area contributed by atoms with Gasteiger partial charge in [0.05, 0.1) is 12.5 Å². The quantitative estimate of drug-likeness (QED) is 0.810. The Labute approximate surface area is 127 Å². The third-order valence-corrected chi connectivity index (χ3v) is 5.03. The lowest BCUT2D eigenvalue weighted by Crippen LogP contribution is -2.42. The van der Waals surface area contributed by atoms with Crippen molar-refractivity contribution in [3.05, 3.63) is 0 Å². The second-order valence-electron chi connectivity index (χ2n) is 6.82. The molecule has 1 heterocycles. The number of carbonyl (C=O) groups excluding carboxylic acids is 1. The van der Waals surface area contributed by atoms with Crippen molar-refractivity contribution in [2.75, 3.05) is 26.2 Å². The first-order valence-electron chi connectivity index (χ1n) is 8.26. The molecule has 2 fully saturated rings. The van der Waals surface area contributed by atoms with Crippen LogP contribution in [0.4, 0.5) is 0 Å². The Morgan fingerprint density at radius 1 is 1.10 bits per heavy atom. The molecule has 2 N–H and O–H groups in total. The summed E-state index contributed by atoms with van der Waals surface area (Å²) >= 11 is 0. The van der Waals surface area contributed by atoms with Crippen LogP contribution in [0, 0.1) is 17.8 Å². The number of hydrogen-bond acceptors (Lipinski definition) is 3. The highest BCUT2D eigenvalue weighted by molar-refractivity contribution is 5.78. The van der Waals surface area contributed by atoms with Crippen LogP contribution in [0.25, 0.3) is 0 Å². The van der Waals surface area contributed by atoms with Crippen LogP contribution in [0.1, 0.15) is 45.4 Å². The Morgan fingerprint density at radius 2 is 1.71 bits per heavy atom. The largest absolute Gasteiger partial charge is 0.481 e. The molecule has 120 valence electrons. The van der Waals surface area contributed by atoms with Gasteiger partial charge in [0.25, 0.3) is 0 Å². The minimum Gasteiger partial charge on any atom is -0.481 e. The zero-order valence-corrected chi connectivity index (χ0v) is 13.0. The fourth-order valence-electron chi connectivity index (χ4n) is 3.35. The molecule has 0 bridgehead atoms. The van der Waals surface area contributed by atoms with Crippen molar-refractivity contribution in [2.24, 2.45) is 17.8 Å². The molecule has 1 aliphatic carbocycles. The number of likely N-dealkylation sites (tertiary alicyclic amines) is 1. The number of aliphatic carboxylic acids is 1. The third kappa shape index (κ3) is 5.30. The van der Waals surface area contributed by atoms with Crippen LogP contribution in [0.15, 0.2) is 0 Å². The first-order valence-corrected chi connectivity index (χ1v) is 8.26. The average Bonchev–Trinajstić information content (AvgIpc) is 2.48. The second-order valence-corrected chi connectivity index (χ2v) is 6.82. The van der Waals surface area contributed by atoms with Crippen LogP contribution >= 0.6 is 0 Å². The van der Waals surface area contributed by atoms with E-state index in [4.69, 9.17) is 5.11 Å². The predicted molar refractivity (Wildman–Crippen MR) is 80.9 cm³/mol. The number of hydrogen-bond donors (Lipinski definition) is 2. The van der Waals surface area contributed by atoms with Crippen molar-refractivity contribution in [1.82, 2.24) is 10.2 Å². The first kappa shape index (κ1) is 16.3. The summed E-state index contributed by atoms with van der Waals surface area (Å²) in [6.45, 7) is 5.54. The molecular formula is C16H28N2O3. The summed E-state index contributed by atoms with van der Waals surface area (Å²) in [4.78, 5) is 25.1. The third-order valence-electron chi connectivity index (χ3n) is 5.03. The summed E-state index contributed by atoms with van der Waals surface area (Å²) in [6, 6.07) is 0. The van der Waals surface area contributed by atoms with Crippen molar-refractivity contribution in [3.8, 4) is 0 Å². The molecule has 2 rings (SSSR count). The molecule has 0 unspecified atom stereocenters. The van der Waals surface area contributed by atoms with E-state index in [1.54, 1.807) is 0 Å². The van der Waals surface area contributed by atoms with Gasteiger partial charge in [-0.1, -0.05) is 6.92 Å². The van der Waals surface area contributed by atoms with Crippen LogP contribution in [0.2, 0.25) is 0 Å². The van der Waals surface area contributed by atoms with Crippen LogP contribution in [-0.2, 0) is 9.59 Å². The lowest BCUT2D eigenvalue weighted by molar-refractivity contribution is -0.143. The lowest BCUT2D eigenvalue weighted by atomic mass is 9.82. The van der Waals surface area contributed by atoms with Gasteiger partial charge >= 0.3 is 5.97 Å². The summed E-state index contributed by atoms with van der Waals surface area (Å²) in [7, 11) is 0. The molecule has 21 heavy (non-hydrogen) atoms. The van der Waals surface area contributed by atoms with Gasteiger partial charge < -0.3 is 10.4 Å². The van der Waals surface area contributed by atoms with Gasteiger partial charge in [0, 0.05) is 6.54 Å². The fraction of sp³-hybridized carbons (Fsp3) is 0.875. The van der Waals surface area contributed by atoms with E-state index >= 15 is 0 Å². The molecule has 5 nitrogen and oxygen atoms in total. The summed E-state index contributed by atoms with van der Waals surface area (Å²) in [5, 5.41) is 12.0. The van der Waals surface area contributed by atoms with E-state index in [-0.39, 0.29) is 11.8 Å². The van der Waals surface area contributed by atoms with Gasteiger partial charge in [0.2, 0.25) is 5.91 Å².